The summed E-state index contributed by atoms with van der Waals surface area (Å²) in [6.45, 7) is 1.82. The van der Waals surface area contributed by atoms with E-state index in [0.29, 0.717) is 22.3 Å². The van der Waals surface area contributed by atoms with Crippen molar-refractivity contribution in [3.05, 3.63) is 135 Å². The number of rotatable bonds is 4. The number of nitrogen functional groups attached to an aromatic ring is 1. The van der Waals surface area contributed by atoms with Crippen molar-refractivity contribution in [3.63, 3.8) is 0 Å². The number of carbonyl (C=O) groups is 1. The highest BCUT2D eigenvalue weighted by Crippen LogP contribution is 2.45. The predicted molar refractivity (Wildman–Crippen MR) is 196 cm³/mol. The van der Waals surface area contributed by atoms with Crippen LogP contribution in [0.3, 0.4) is 0 Å². The Labute approximate surface area is 287 Å². The number of fused-ring (bicyclic) bond motifs is 7. The third-order valence-electron chi connectivity index (χ3n) is 10.6. The van der Waals surface area contributed by atoms with Crippen LogP contribution < -0.4 is 11.3 Å². The van der Waals surface area contributed by atoms with E-state index in [1.807, 2.05) is 37.3 Å². The van der Waals surface area contributed by atoms with E-state index >= 15 is 4.39 Å². The van der Waals surface area contributed by atoms with E-state index in [4.69, 9.17) is 10.7 Å². The van der Waals surface area contributed by atoms with Gasteiger partial charge in [0.05, 0.1) is 11.2 Å². The van der Waals surface area contributed by atoms with E-state index in [-0.39, 0.29) is 29.8 Å². The highest BCUT2D eigenvalue weighted by atomic mass is 35.5. The number of nitrogens with two attached hydrogens (primary N) is 1. The second-order valence-corrected chi connectivity index (χ2v) is 13.5. The van der Waals surface area contributed by atoms with Crippen molar-refractivity contribution >= 4 is 61.9 Å². The maximum atomic E-state index is 16.4. The number of pyridine rings is 3. The number of carboxylic acids is 1. The fraction of sp³-hybridized carbons (Fsp3) is 0.195. The summed E-state index contributed by atoms with van der Waals surface area (Å²) in [6.07, 6.45) is 5.47. The van der Waals surface area contributed by atoms with Crippen molar-refractivity contribution in [1.82, 2.24) is 9.38 Å². The lowest BCUT2D eigenvalue weighted by Crippen LogP contribution is -2.24. The Kier molecular flexibility index (Phi) is 7.23. The standard InChI is InChI=1S/C41H32FN3O3.ClH/c1-21-36(33(42)20-45-39(21)31(22-10-11-22)19-32(40(45)46)41(47)48)38-29-9-5-3-7-24(29)18-35(44-38)26-13-14-28-25(16-26)12-15-30-27-8-4-2-6-23(27)17-34(43)37(28)30;/h2-9,12,15,17-20,22,26H,10-11,13-14,16,43H2,1H3,(H,47,48);1H. The second-order valence-electron chi connectivity index (χ2n) is 13.5. The molecule has 244 valence electrons. The van der Waals surface area contributed by atoms with Crippen LogP contribution in [0.4, 0.5) is 10.1 Å². The van der Waals surface area contributed by atoms with Gasteiger partial charge in [0.15, 0.2) is 0 Å². The Bertz CT molecular complexity index is 2610. The lowest BCUT2D eigenvalue weighted by atomic mass is 9.79. The van der Waals surface area contributed by atoms with Crippen molar-refractivity contribution in [2.24, 2.45) is 0 Å². The minimum absolute atomic E-state index is 0. The molecule has 2 aliphatic carbocycles. The molecule has 4 aromatic carbocycles. The molecule has 1 atom stereocenters. The first kappa shape index (κ1) is 31.0. The number of hydrogen-bond acceptors (Lipinski definition) is 4. The molecular formula is C41H33ClFN3O3. The zero-order chi connectivity index (χ0) is 32.8. The largest absolute Gasteiger partial charge is 0.477 e. The number of carboxylic acid groups (broad SMARTS) is 1. The Morgan fingerprint density at radius 2 is 1.63 bits per heavy atom. The molecule has 9 rings (SSSR count). The van der Waals surface area contributed by atoms with Crippen LogP contribution in [0.15, 0.2) is 89.9 Å². The van der Waals surface area contributed by atoms with Gasteiger partial charge in [0.1, 0.15) is 11.4 Å². The summed E-state index contributed by atoms with van der Waals surface area (Å²) in [5.41, 5.74) is 12.7. The Morgan fingerprint density at radius 1 is 0.918 bits per heavy atom. The molecule has 8 heteroatoms. The molecule has 0 radical (unpaired) electrons. The van der Waals surface area contributed by atoms with Gasteiger partial charge in [0, 0.05) is 39.8 Å². The van der Waals surface area contributed by atoms with Crippen molar-refractivity contribution in [2.75, 3.05) is 5.73 Å². The number of aromatic carboxylic acids is 1. The first-order chi connectivity index (χ1) is 23.3. The number of aromatic nitrogens is 2. The number of aryl methyl sites for hydroxylation is 2. The summed E-state index contributed by atoms with van der Waals surface area (Å²) >= 11 is 0. The SMILES string of the molecule is Cc1c(-c2nc(C3CCc4c(ccc5c4c(N)cc4ccccc45)C3)cc3ccccc23)c(F)cn2c(=O)c(C(=O)O)cc(C3CC3)c12.Cl. The van der Waals surface area contributed by atoms with Crippen LogP contribution in [-0.2, 0) is 12.8 Å². The Balaban J connectivity index is 0.00000348. The normalized spacial score (nSPS) is 15.8. The van der Waals surface area contributed by atoms with Crippen LogP contribution in [0.1, 0.15) is 69.4 Å². The van der Waals surface area contributed by atoms with Gasteiger partial charge in [-0.05, 0) is 107 Å². The van der Waals surface area contributed by atoms with Crippen molar-refractivity contribution in [2.45, 2.75) is 50.9 Å². The summed E-state index contributed by atoms with van der Waals surface area (Å²) < 4.78 is 17.6. The maximum absolute atomic E-state index is 16.4. The molecule has 1 fully saturated rings. The molecule has 2 aliphatic rings. The minimum atomic E-state index is -1.31. The molecule has 6 nitrogen and oxygen atoms in total. The lowest BCUT2D eigenvalue weighted by molar-refractivity contribution is 0.0694. The predicted octanol–water partition coefficient (Wildman–Crippen LogP) is 9.12. The molecule has 3 heterocycles. The number of hydrogen-bond donors (Lipinski definition) is 2. The van der Waals surface area contributed by atoms with Crippen LogP contribution >= 0.6 is 12.4 Å². The van der Waals surface area contributed by atoms with E-state index < -0.39 is 17.3 Å². The molecule has 0 aliphatic heterocycles. The topological polar surface area (TPSA) is 97.7 Å². The third kappa shape index (κ3) is 4.78. The molecular weight excluding hydrogens is 637 g/mol. The summed E-state index contributed by atoms with van der Waals surface area (Å²) in [5, 5.41) is 16.2. The van der Waals surface area contributed by atoms with Crippen LogP contribution in [0.2, 0.25) is 0 Å². The van der Waals surface area contributed by atoms with Gasteiger partial charge in [-0.25, -0.2) is 9.18 Å². The van der Waals surface area contributed by atoms with Gasteiger partial charge >= 0.3 is 5.97 Å². The molecule has 0 spiro atoms. The van der Waals surface area contributed by atoms with E-state index in [9.17, 15) is 14.7 Å². The van der Waals surface area contributed by atoms with E-state index in [0.717, 1.165) is 76.8 Å². The molecule has 0 saturated heterocycles. The van der Waals surface area contributed by atoms with Gasteiger partial charge in [0.2, 0.25) is 0 Å². The van der Waals surface area contributed by atoms with Crippen molar-refractivity contribution in [1.29, 1.82) is 0 Å². The summed E-state index contributed by atoms with van der Waals surface area (Å²) in [5.74, 6) is -1.66. The van der Waals surface area contributed by atoms with Gasteiger partial charge in [0.25, 0.3) is 5.56 Å². The molecule has 7 aromatic rings. The average Bonchev–Trinajstić information content (AvgIpc) is 3.94. The first-order valence-electron chi connectivity index (χ1n) is 16.5. The molecule has 3 aromatic heterocycles. The van der Waals surface area contributed by atoms with Crippen molar-refractivity contribution in [3.8, 4) is 11.3 Å². The molecule has 49 heavy (non-hydrogen) atoms. The fourth-order valence-corrected chi connectivity index (χ4v) is 8.19. The molecule has 1 unspecified atom stereocenters. The molecule has 0 bridgehead atoms. The van der Waals surface area contributed by atoms with Gasteiger partial charge < -0.3 is 10.8 Å². The number of nitrogens with zero attached hydrogens (tertiary/aromatic N) is 2. The second kappa shape index (κ2) is 11.4. The number of halogens is 2. The van der Waals surface area contributed by atoms with Gasteiger partial charge in [-0.1, -0.05) is 60.7 Å². The summed E-state index contributed by atoms with van der Waals surface area (Å²) in [7, 11) is 0. The number of benzene rings is 4. The molecule has 1 saturated carbocycles. The Morgan fingerprint density at radius 3 is 2.37 bits per heavy atom. The van der Waals surface area contributed by atoms with E-state index in [1.54, 1.807) is 0 Å². The van der Waals surface area contributed by atoms with Crippen LogP contribution in [0.25, 0.3) is 49.1 Å². The highest BCUT2D eigenvalue weighted by molar-refractivity contribution is 6.14. The lowest BCUT2D eigenvalue weighted by Gasteiger charge is -2.27. The quantitative estimate of drug-likeness (QED) is 0.144. The molecule has 0 amide bonds. The van der Waals surface area contributed by atoms with Crippen LogP contribution in [0, 0.1) is 12.7 Å². The first-order valence-corrected chi connectivity index (χ1v) is 16.5. The zero-order valence-electron chi connectivity index (χ0n) is 26.8. The molecule has 3 N–H and O–H groups in total. The zero-order valence-corrected chi connectivity index (χ0v) is 27.6. The highest BCUT2D eigenvalue weighted by Gasteiger charge is 2.31. The van der Waals surface area contributed by atoms with Crippen LogP contribution in [-0.4, -0.2) is 20.5 Å². The fourth-order valence-electron chi connectivity index (χ4n) is 8.19. The minimum Gasteiger partial charge on any atom is -0.477 e. The average molecular weight is 670 g/mol. The Hall–Kier alpha value is -5.27. The monoisotopic (exact) mass is 669 g/mol. The van der Waals surface area contributed by atoms with Crippen molar-refractivity contribution < 1.29 is 14.3 Å². The van der Waals surface area contributed by atoms with Gasteiger partial charge in [-0.2, -0.15) is 0 Å². The van der Waals surface area contributed by atoms with E-state index in [1.165, 1.54) is 32.4 Å². The maximum Gasteiger partial charge on any atom is 0.341 e. The van der Waals surface area contributed by atoms with Gasteiger partial charge in [-0.15, -0.1) is 12.4 Å². The summed E-state index contributed by atoms with van der Waals surface area (Å²) in [4.78, 5) is 30.4. The van der Waals surface area contributed by atoms with E-state index in [2.05, 4.69) is 42.5 Å². The van der Waals surface area contributed by atoms with Gasteiger partial charge in [-0.3, -0.25) is 14.2 Å². The summed E-state index contributed by atoms with van der Waals surface area (Å²) in [6, 6.07) is 26.4. The number of anilines is 1. The third-order valence-corrected chi connectivity index (χ3v) is 10.6. The van der Waals surface area contributed by atoms with Crippen LogP contribution in [0.5, 0.6) is 0 Å². The smallest absolute Gasteiger partial charge is 0.341 e.